The van der Waals surface area contributed by atoms with Crippen molar-refractivity contribution in [2.45, 2.75) is 70.4 Å². The zero-order valence-corrected chi connectivity index (χ0v) is 13.0. The molecule has 0 amide bonds. The molecule has 0 bridgehead atoms. The van der Waals surface area contributed by atoms with Crippen molar-refractivity contribution in [1.29, 1.82) is 0 Å². The van der Waals surface area contributed by atoms with Crippen LogP contribution in [0.3, 0.4) is 0 Å². The highest BCUT2D eigenvalue weighted by Crippen LogP contribution is 2.24. The minimum absolute atomic E-state index is 0.369. The number of rotatable bonds is 7. The lowest BCUT2D eigenvalue weighted by atomic mass is 9.92. The molecule has 1 aliphatic rings. The molecule has 20 heavy (non-hydrogen) atoms. The molecule has 0 spiro atoms. The van der Waals surface area contributed by atoms with E-state index in [-0.39, 0.29) is 0 Å². The SMILES string of the molecule is CCCCCc1ccc(NC2CCCCC2OC)cc1. The third kappa shape index (κ3) is 4.52. The fraction of sp³-hybridized carbons (Fsp3) is 0.667. The molecule has 2 nitrogen and oxygen atoms in total. The molecule has 0 radical (unpaired) electrons. The molecule has 1 aliphatic carbocycles. The number of hydrogen-bond donors (Lipinski definition) is 1. The van der Waals surface area contributed by atoms with Crippen LogP contribution in [0.25, 0.3) is 0 Å². The largest absolute Gasteiger partial charge is 0.380 e. The van der Waals surface area contributed by atoms with E-state index < -0.39 is 0 Å². The van der Waals surface area contributed by atoms with Crippen molar-refractivity contribution in [3.8, 4) is 0 Å². The highest BCUT2D eigenvalue weighted by Gasteiger charge is 2.24. The molecule has 1 fully saturated rings. The molecule has 1 aromatic rings. The van der Waals surface area contributed by atoms with Gasteiger partial charge in [-0.3, -0.25) is 0 Å². The summed E-state index contributed by atoms with van der Waals surface area (Å²) >= 11 is 0. The van der Waals surface area contributed by atoms with Crippen molar-refractivity contribution in [2.75, 3.05) is 12.4 Å². The molecular formula is C18H29NO. The van der Waals surface area contributed by atoms with E-state index in [0.717, 1.165) is 0 Å². The molecule has 1 saturated carbocycles. The number of methoxy groups -OCH3 is 1. The van der Waals surface area contributed by atoms with Crippen LogP contribution >= 0.6 is 0 Å². The smallest absolute Gasteiger partial charge is 0.0772 e. The lowest BCUT2D eigenvalue weighted by Gasteiger charge is -2.31. The van der Waals surface area contributed by atoms with E-state index in [1.165, 1.54) is 62.6 Å². The van der Waals surface area contributed by atoms with Gasteiger partial charge in [0.05, 0.1) is 12.1 Å². The van der Waals surface area contributed by atoms with E-state index in [1.54, 1.807) is 0 Å². The summed E-state index contributed by atoms with van der Waals surface area (Å²) in [4.78, 5) is 0. The Kier molecular flexibility index (Phi) is 6.38. The molecule has 0 saturated heterocycles. The number of nitrogens with one attached hydrogen (secondary N) is 1. The maximum atomic E-state index is 5.60. The van der Waals surface area contributed by atoms with Gasteiger partial charge in [-0.25, -0.2) is 0 Å². The van der Waals surface area contributed by atoms with Gasteiger partial charge in [-0.15, -0.1) is 0 Å². The molecule has 2 heteroatoms. The van der Waals surface area contributed by atoms with Crippen LogP contribution in [-0.4, -0.2) is 19.3 Å². The first-order chi connectivity index (χ1) is 9.83. The third-order valence-corrected chi connectivity index (χ3v) is 4.38. The van der Waals surface area contributed by atoms with Crippen LogP contribution in [0.4, 0.5) is 5.69 Å². The Morgan fingerprint density at radius 1 is 1.10 bits per heavy atom. The van der Waals surface area contributed by atoms with Gasteiger partial charge in [0.2, 0.25) is 0 Å². The minimum atomic E-state index is 0.369. The molecule has 1 aromatic carbocycles. The lowest BCUT2D eigenvalue weighted by molar-refractivity contribution is 0.0606. The Labute approximate surface area is 123 Å². The van der Waals surface area contributed by atoms with Crippen LogP contribution in [0.2, 0.25) is 0 Å². The maximum Gasteiger partial charge on any atom is 0.0772 e. The predicted octanol–water partition coefficient (Wildman–Crippen LogP) is 4.79. The Balaban J connectivity index is 1.86. The third-order valence-electron chi connectivity index (χ3n) is 4.38. The van der Waals surface area contributed by atoms with Gasteiger partial charge in [0.25, 0.3) is 0 Å². The summed E-state index contributed by atoms with van der Waals surface area (Å²) in [6.07, 6.45) is 10.5. The summed E-state index contributed by atoms with van der Waals surface area (Å²) in [5.74, 6) is 0. The van der Waals surface area contributed by atoms with Gasteiger partial charge in [-0.1, -0.05) is 44.7 Å². The van der Waals surface area contributed by atoms with Crippen molar-refractivity contribution in [2.24, 2.45) is 0 Å². The normalized spacial score (nSPS) is 22.7. The Hall–Kier alpha value is -1.02. The molecule has 0 aliphatic heterocycles. The first-order valence-corrected chi connectivity index (χ1v) is 8.21. The first-order valence-electron chi connectivity index (χ1n) is 8.21. The van der Waals surface area contributed by atoms with Gasteiger partial charge < -0.3 is 10.1 Å². The second-order valence-electron chi connectivity index (χ2n) is 5.96. The summed E-state index contributed by atoms with van der Waals surface area (Å²) in [6.45, 7) is 2.25. The number of hydrogen-bond acceptors (Lipinski definition) is 2. The van der Waals surface area contributed by atoms with Crippen LogP contribution < -0.4 is 5.32 Å². The average molecular weight is 275 g/mol. The summed E-state index contributed by atoms with van der Waals surface area (Å²) in [7, 11) is 1.83. The maximum absolute atomic E-state index is 5.60. The first kappa shape index (κ1) is 15.4. The zero-order valence-electron chi connectivity index (χ0n) is 13.0. The highest BCUT2D eigenvalue weighted by atomic mass is 16.5. The number of ether oxygens (including phenoxy) is 1. The van der Waals surface area contributed by atoms with E-state index in [4.69, 9.17) is 4.74 Å². The molecule has 1 N–H and O–H groups in total. The van der Waals surface area contributed by atoms with E-state index in [0.29, 0.717) is 12.1 Å². The monoisotopic (exact) mass is 275 g/mol. The molecular weight excluding hydrogens is 246 g/mol. The van der Waals surface area contributed by atoms with Crippen LogP contribution in [0.1, 0.15) is 57.4 Å². The topological polar surface area (TPSA) is 21.3 Å². The zero-order chi connectivity index (χ0) is 14.2. The Morgan fingerprint density at radius 3 is 2.55 bits per heavy atom. The van der Waals surface area contributed by atoms with Gasteiger partial charge >= 0.3 is 0 Å². The summed E-state index contributed by atoms with van der Waals surface area (Å²) in [5, 5.41) is 3.65. The quantitative estimate of drug-likeness (QED) is 0.722. The standard InChI is InChI=1S/C18H29NO/c1-3-4-5-8-15-11-13-16(14-12-15)19-17-9-6-7-10-18(17)20-2/h11-14,17-19H,3-10H2,1-2H3. The van der Waals surface area contributed by atoms with Crippen LogP contribution in [0, 0.1) is 0 Å². The Morgan fingerprint density at radius 2 is 1.85 bits per heavy atom. The number of unbranched alkanes of at least 4 members (excludes halogenated alkanes) is 2. The van der Waals surface area contributed by atoms with E-state index in [1.807, 2.05) is 7.11 Å². The number of benzene rings is 1. The van der Waals surface area contributed by atoms with Crippen molar-refractivity contribution in [3.05, 3.63) is 29.8 Å². The molecule has 0 aromatic heterocycles. The molecule has 0 heterocycles. The van der Waals surface area contributed by atoms with Gasteiger partial charge in [0.15, 0.2) is 0 Å². The van der Waals surface area contributed by atoms with Gasteiger partial charge in [-0.2, -0.15) is 0 Å². The van der Waals surface area contributed by atoms with Gasteiger partial charge in [0.1, 0.15) is 0 Å². The van der Waals surface area contributed by atoms with Crippen molar-refractivity contribution >= 4 is 5.69 Å². The van der Waals surface area contributed by atoms with Crippen LogP contribution in [-0.2, 0) is 11.2 Å². The predicted molar refractivity (Wildman–Crippen MR) is 86.3 cm³/mol. The van der Waals surface area contributed by atoms with E-state index in [2.05, 4.69) is 36.5 Å². The highest BCUT2D eigenvalue weighted by molar-refractivity contribution is 5.45. The summed E-state index contributed by atoms with van der Waals surface area (Å²) in [5.41, 5.74) is 2.69. The molecule has 112 valence electrons. The molecule has 2 atom stereocenters. The van der Waals surface area contributed by atoms with Crippen LogP contribution in [0.15, 0.2) is 24.3 Å². The van der Waals surface area contributed by atoms with Gasteiger partial charge in [-0.05, 0) is 43.4 Å². The molecule has 2 unspecified atom stereocenters. The Bertz CT molecular complexity index is 374. The van der Waals surface area contributed by atoms with Crippen molar-refractivity contribution in [3.63, 3.8) is 0 Å². The summed E-state index contributed by atoms with van der Waals surface area (Å²) in [6, 6.07) is 9.45. The lowest BCUT2D eigenvalue weighted by Crippen LogP contribution is -2.37. The number of aryl methyl sites for hydroxylation is 1. The second-order valence-corrected chi connectivity index (χ2v) is 5.96. The van der Waals surface area contributed by atoms with E-state index >= 15 is 0 Å². The second kappa shape index (κ2) is 8.31. The van der Waals surface area contributed by atoms with Crippen molar-refractivity contribution in [1.82, 2.24) is 0 Å². The van der Waals surface area contributed by atoms with Gasteiger partial charge in [0, 0.05) is 12.8 Å². The van der Waals surface area contributed by atoms with Crippen LogP contribution in [0.5, 0.6) is 0 Å². The fourth-order valence-corrected chi connectivity index (χ4v) is 3.10. The van der Waals surface area contributed by atoms with Crippen molar-refractivity contribution < 1.29 is 4.74 Å². The summed E-state index contributed by atoms with van der Waals surface area (Å²) < 4.78 is 5.60. The average Bonchev–Trinajstić information content (AvgIpc) is 2.50. The van der Waals surface area contributed by atoms with E-state index in [9.17, 15) is 0 Å². The fourth-order valence-electron chi connectivity index (χ4n) is 3.10. The number of anilines is 1. The minimum Gasteiger partial charge on any atom is -0.380 e. The molecule has 2 rings (SSSR count).